The van der Waals surface area contributed by atoms with Gasteiger partial charge in [-0.1, -0.05) is 23.7 Å². The number of aryl methyl sites for hydroxylation is 1. The molecule has 3 rings (SSSR count). The molecule has 3 aromatic rings. The van der Waals surface area contributed by atoms with Gasteiger partial charge in [-0.2, -0.15) is 0 Å². The smallest absolute Gasteiger partial charge is 0.339 e. The van der Waals surface area contributed by atoms with Crippen LogP contribution in [0.15, 0.2) is 40.9 Å². The lowest BCUT2D eigenvalue weighted by molar-refractivity contribution is 0.0695. The first-order valence-corrected chi connectivity index (χ1v) is 6.50. The second kappa shape index (κ2) is 4.72. The molecule has 0 fully saturated rings. The molecule has 0 aliphatic carbocycles. The molecule has 0 atom stereocenters. The zero-order valence-electron chi connectivity index (χ0n) is 10.8. The lowest BCUT2D eigenvalue weighted by Gasteiger charge is -2.04. The Morgan fingerprint density at radius 1 is 1.40 bits per heavy atom. The van der Waals surface area contributed by atoms with Crippen LogP contribution in [0.4, 0.5) is 0 Å². The highest BCUT2D eigenvalue weighted by atomic mass is 35.5. The van der Waals surface area contributed by atoms with Crippen LogP contribution in [0.25, 0.3) is 10.9 Å². The van der Waals surface area contributed by atoms with Crippen LogP contribution in [0.2, 0.25) is 5.02 Å². The molecule has 1 aromatic carbocycles. The summed E-state index contributed by atoms with van der Waals surface area (Å²) in [6.45, 7) is 2.09. The molecule has 0 aliphatic heterocycles. The molecule has 5 heteroatoms. The van der Waals surface area contributed by atoms with Crippen molar-refractivity contribution < 1.29 is 14.3 Å². The van der Waals surface area contributed by atoms with Gasteiger partial charge < -0.3 is 14.1 Å². The minimum absolute atomic E-state index is 0.197. The van der Waals surface area contributed by atoms with E-state index in [4.69, 9.17) is 21.1 Å². The molecule has 4 nitrogen and oxygen atoms in total. The second-order valence-electron chi connectivity index (χ2n) is 4.61. The van der Waals surface area contributed by atoms with E-state index in [1.165, 1.54) is 0 Å². The maximum Gasteiger partial charge on any atom is 0.339 e. The zero-order chi connectivity index (χ0) is 14.3. The fourth-order valence-electron chi connectivity index (χ4n) is 2.35. The molecule has 2 aromatic heterocycles. The van der Waals surface area contributed by atoms with E-state index < -0.39 is 5.97 Å². The van der Waals surface area contributed by atoms with Crippen LogP contribution in [0.1, 0.15) is 21.9 Å². The summed E-state index contributed by atoms with van der Waals surface area (Å²) in [5.41, 5.74) is 1.11. The summed E-state index contributed by atoms with van der Waals surface area (Å²) in [6, 6.07) is 9.23. The van der Waals surface area contributed by atoms with Crippen molar-refractivity contribution in [2.75, 3.05) is 0 Å². The first-order chi connectivity index (χ1) is 9.56. The van der Waals surface area contributed by atoms with Gasteiger partial charge in [-0.25, -0.2) is 4.79 Å². The Labute approximate surface area is 120 Å². The summed E-state index contributed by atoms with van der Waals surface area (Å²) in [7, 11) is 0. The van der Waals surface area contributed by atoms with Crippen molar-refractivity contribution in [1.29, 1.82) is 0 Å². The van der Waals surface area contributed by atoms with Gasteiger partial charge in [0.2, 0.25) is 0 Å². The van der Waals surface area contributed by atoms with Gasteiger partial charge in [0.05, 0.1) is 17.1 Å². The van der Waals surface area contributed by atoms with Gasteiger partial charge in [0.15, 0.2) is 0 Å². The standard InChI is InChI=1S/C15H12ClNO3/c1-9-12(15(18)19)7-11(20-9)8-17-6-5-10-3-2-4-13(16)14(10)17/h2-7H,8H2,1H3,(H,18,19). The number of carboxylic acids is 1. The van der Waals surface area contributed by atoms with E-state index in [2.05, 4.69) is 0 Å². The molecule has 2 heterocycles. The zero-order valence-corrected chi connectivity index (χ0v) is 11.5. The topological polar surface area (TPSA) is 55.4 Å². The summed E-state index contributed by atoms with van der Waals surface area (Å²) in [4.78, 5) is 11.0. The van der Waals surface area contributed by atoms with Crippen LogP contribution in [-0.4, -0.2) is 15.6 Å². The molecule has 1 N–H and O–H groups in total. The second-order valence-corrected chi connectivity index (χ2v) is 5.02. The number of aromatic nitrogens is 1. The van der Waals surface area contributed by atoms with Crippen LogP contribution in [0.5, 0.6) is 0 Å². The van der Waals surface area contributed by atoms with Crippen molar-refractivity contribution in [3.8, 4) is 0 Å². The number of carbonyl (C=O) groups is 1. The van der Waals surface area contributed by atoms with E-state index in [-0.39, 0.29) is 5.56 Å². The predicted molar refractivity (Wildman–Crippen MR) is 76.5 cm³/mol. The number of hydrogen-bond acceptors (Lipinski definition) is 2. The minimum atomic E-state index is -0.979. The molecule has 0 unspecified atom stereocenters. The van der Waals surface area contributed by atoms with Gasteiger partial charge in [0.25, 0.3) is 0 Å². The third-order valence-corrected chi connectivity index (χ3v) is 3.57. The number of rotatable bonds is 3. The number of nitrogens with zero attached hydrogens (tertiary/aromatic N) is 1. The number of hydrogen-bond donors (Lipinski definition) is 1. The Balaban J connectivity index is 2.01. The van der Waals surface area contributed by atoms with Gasteiger partial charge in [-0.05, 0) is 25.1 Å². The monoisotopic (exact) mass is 289 g/mol. The van der Waals surface area contributed by atoms with E-state index in [9.17, 15) is 4.79 Å². The summed E-state index contributed by atoms with van der Waals surface area (Å²) < 4.78 is 7.44. The summed E-state index contributed by atoms with van der Waals surface area (Å²) in [6.07, 6.45) is 1.91. The number of halogens is 1. The summed E-state index contributed by atoms with van der Waals surface area (Å²) in [5, 5.41) is 10.7. The molecule has 0 saturated heterocycles. The van der Waals surface area contributed by atoms with Crippen LogP contribution >= 0.6 is 11.6 Å². The van der Waals surface area contributed by atoms with Crippen molar-refractivity contribution in [1.82, 2.24) is 4.57 Å². The highest BCUT2D eigenvalue weighted by molar-refractivity contribution is 6.35. The first-order valence-electron chi connectivity index (χ1n) is 6.12. The van der Waals surface area contributed by atoms with Crippen LogP contribution < -0.4 is 0 Å². The summed E-state index contributed by atoms with van der Waals surface area (Å²) >= 11 is 6.21. The molecule has 0 bridgehead atoms. The quantitative estimate of drug-likeness (QED) is 0.794. The average Bonchev–Trinajstić information content (AvgIpc) is 2.95. The summed E-state index contributed by atoms with van der Waals surface area (Å²) in [5.74, 6) is 0.0280. The first kappa shape index (κ1) is 12.8. The number of para-hydroxylation sites is 1. The van der Waals surface area contributed by atoms with Crippen molar-refractivity contribution in [2.24, 2.45) is 0 Å². The van der Waals surface area contributed by atoms with Gasteiger partial charge in [0.1, 0.15) is 17.1 Å². The lowest BCUT2D eigenvalue weighted by atomic mass is 10.2. The molecule has 0 radical (unpaired) electrons. The Morgan fingerprint density at radius 2 is 2.20 bits per heavy atom. The fraction of sp³-hybridized carbons (Fsp3) is 0.133. The predicted octanol–water partition coefficient (Wildman–Crippen LogP) is 3.94. The van der Waals surface area contributed by atoms with Crippen molar-refractivity contribution in [2.45, 2.75) is 13.5 Å². The number of aromatic carboxylic acids is 1. The molecule has 0 amide bonds. The van der Waals surface area contributed by atoms with E-state index >= 15 is 0 Å². The van der Waals surface area contributed by atoms with E-state index in [1.54, 1.807) is 13.0 Å². The Kier molecular flexibility index (Phi) is 3.03. The van der Waals surface area contributed by atoms with Gasteiger partial charge in [-0.15, -0.1) is 0 Å². The van der Waals surface area contributed by atoms with Gasteiger partial charge in [-0.3, -0.25) is 0 Å². The van der Waals surface area contributed by atoms with Crippen molar-refractivity contribution >= 4 is 28.5 Å². The molecular formula is C15H12ClNO3. The molecule has 0 saturated carbocycles. The number of benzene rings is 1. The van der Waals surface area contributed by atoms with E-state index in [1.807, 2.05) is 35.0 Å². The van der Waals surface area contributed by atoms with Crippen molar-refractivity contribution in [3.63, 3.8) is 0 Å². The Hall–Kier alpha value is -2.20. The normalized spacial score (nSPS) is 11.1. The van der Waals surface area contributed by atoms with Crippen molar-refractivity contribution in [3.05, 3.63) is 58.6 Å². The Morgan fingerprint density at radius 3 is 2.90 bits per heavy atom. The molecule has 0 aliphatic rings. The fourth-order valence-corrected chi connectivity index (χ4v) is 2.64. The highest BCUT2D eigenvalue weighted by Crippen LogP contribution is 2.26. The van der Waals surface area contributed by atoms with Gasteiger partial charge >= 0.3 is 5.97 Å². The SMILES string of the molecule is Cc1oc(Cn2ccc3cccc(Cl)c32)cc1C(=O)O. The largest absolute Gasteiger partial charge is 0.478 e. The Bertz CT molecular complexity index is 801. The molecular weight excluding hydrogens is 278 g/mol. The third-order valence-electron chi connectivity index (χ3n) is 3.26. The number of carboxylic acid groups (broad SMARTS) is 1. The number of fused-ring (bicyclic) bond motifs is 1. The lowest BCUT2D eigenvalue weighted by Crippen LogP contribution is -1.97. The third kappa shape index (κ3) is 2.08. The maximum atomic E-state index is 11.0. The molecule has 20 heavy (non-hydrogen) atoms. The molecule has 0 spiro atoms. The van der Waals surface area contributed by atoms with Crippen LogP contribution in [-0.2, 0) is 6.54 Å². The van der Waals surface area contributed by atoms with E-state index in [0.29, 0.717) is 23.1 Å². The average molecular weight is 290 g/mol. The van der Waals surface area contributed by atoms with Gasteiger partial charge in [0, 0.05) is 11.6 Å². The van der Waals surface area contributed by atoms with Crippen LogP contribution in [0.3, 0.4) is 0 Å². The maximum absolute atomic E-state index is 11.0. The molecule has 102 valence electrons. The highest BCUT2D eigenvalue weighted by Gasteiger charge is 2.14. The minimum Gasteiger partial charge on any atom is -0.478 e. The van der Waals surface area contributed by atoms with Crippen LogP contribution in [0, 0.1) is 6.92 Å². The van der Waals surface area contributed by atoms with E-state index in [0.717, 1.165) is 10.9 Å². The number of furan rings is 1.